The number of nitrogens with two attached hydrogens (primary N) is 1. The number of anilines is 2. The van der Waals surface area contributed by atoms with Crippen molar-refractivity contribution in [1.82, 2.24) is 9.88 Å². The Bertz CT molecular complexity index is 479. The van der Waals surface area contributed by atoms with Crippen LogP contribution in [0.15, 0.2) is 12.1 Å². The van der Waals surface area contributed by atoms with Gasteiger partial charge in [0.2, 0.25) is 5.82 Å². The number of aromatic nitrogens is 1. The number of nitrogens with zero attached hydrogens (tertiary/aromatic N) is 4. The summed E-state index contributed by atoms with van der Waals surface area (Å²) in [5.74, 6) is 0.637. The fraction of sp³-hybridized carbons (Fsp3) is 0.583. The van der Waals surface area contributed by atoms with Gasteiger partial charge in [-0.15, -0.1) is 0 Å². The lowest BCUT2D eigenvalue weighted by atomic mass is 10.2. The fourth-order valence-electron chi connectivity index (χ4n) is 2.44. The minimum atomic E-state index is -0.517. The Hall–Kier alpha value is -1.89. The lowest BCUT2D eigenvalue weighted by molar-refractivity contribution is -0.384. The van der Waals surface area contributed by atoms with Crippen molar-refractivity contribution in [2.45, 2.75) is 18.9 Å². The molecule has 0 aliphatic carbocycles. The Balaban J connectivity index is 2.09. The van der Waals surface area contributed by atoms with Crippen LogP contribution in [0.2, 0.25) is 0 Å². The Morgan fingerprint density at radius 1 is 1.63 bits per heavy atom. The quantitative estimate of drug-likeness (QED) is 0.648. The molecular weight excluding hydrogens is 246 g/mol. The predicted octanol–water partition coefficient (Wildman–Crippen LogP) is 1.10. The summed E-state index contributed by atoms with van der Waals surface area (Å²) in [7, 11) is 4.04. The van der Waals surface area contributed by atoms with E-state index in [0.717, 1.165) is 13.1 Å². The maximum absolute atomic E-state index is 10.7. The zero-order chi connectivity index (χ0) is 14.0. The van der Waals surface area contributed by atoms with E-state index in [1.807, 2.05) is 11.9 Å². The number of likely N-dealkylation sites (N-methyl/N-ethyl adjacent to an activating group) is 2. The van der Waals surface area contributed by atoms with Crippen molar-refractivity contribution in [2.75, 3.05) is 37.8 Å². The van der Waals surface area contributed by atoms with E-state index in [2.05, 4.69) is 16.9 Å². The first-order valence-electron chi connectivity index (χ1n) is 6.31. The zero-order valence-electron chi connectivity index (χ0n) is 11.2. The highest BCUT2D eigenvalue weighted by molar-refractivity contribution is 5.57. The number of nitrogen functional groups attached to an aromatic ring is 1. The highest BCUT2D eigenvalue weighted by Crippen LogP contribution is 2.23. The molecule has 2 heterocycles. The molecule has 2 N–H and O–H groups in total. The van der Waals surface area contributed by atoms with E-state index >= 15 is 0 Å². The van der Waals surface area contributed by atoms with Crippen LogP contribution in [0, 0.1) is 10.1 Å². The van der Waals surface area contributed by atoms with E-state index in [-0.39, 0.29) is 11.5 Å². The Kier molecular flexibility index (Phi) is 3.84. The van der Waals surface area contributed by atoms with E-state index in [1.165, 1.54) is 18.9 Å². The topological polar surface area (TPSA) is 88.5 Å². The Morgan fingerprint density at radius 2 is 2.37 bits per heavy atom. The summed E-state index contributed by atoms with van der Waals surface area (Å²) in [5.41, 5.74) is 5.46. The van der Waals surface area contributed by atoms with Crippen LogP contribution in [0.3, 0.4) is 0 Å². The minimum absolute atomic E-state index is 0.0332. The van der Waals surface area contributed by atoms with Crippen LogP contribution in [0.5, 0.6) is 0 Å². The minimum Gasteiger partial charge on any atom is -0.378 e. The van der Waals surface area contributed by atoms with Gasteiger partial charge in [0.05, 0.1) is 4.92 Å². The second-order valence-corrected chi connectivity index (χ2v) is 4.99. The van der Waals surface area contributed by atoms with Crippen LogP contribution in [0.4, 0.5) is 17.3 Å². The Morgan fingerprint density at radius 3 is 2.89 bits per heavy atom. The number of pyridine rings is 1. The molecule has 1 aliphatic rings. The van der Waals surface area contributed by atoms with Gasteiger partial charge >= 0.3 is 5.69 Å². The summed E-state index contributed by atoms with van der Waals surface area (Å²) in [5, 5.41) is 10.7. The molecule has 2 rings (SSSR count). The fourth-order valence-corrected chi connectivity index (χ4v) is 2.44. The monoisotopic (exact) mass is 265 g/mol. The second-order valence-electron chi connectivity index (χ2n) is 4.99. The van der Waals surface area contributed by atoms with Crippen LogP contribution >= 0.6 is 0 Å². The van der Waals surface area contributed by atoms with Gasteiger partial charge in [-0.1, -0.05) is 0 Å². The molecule has 1 saturated heterocycles. The molecule has 0 bridgehead atoms. The van der Waals surface area contributed by atoms with Gasteiger partial charge in [-0.2, -0.15) is 0 Å². The normalized spacial score (nSPS) is 19.6. The SMILES string of the molecule is CN(CC1CCCN1C)c1ccc([N+](=O)[O-])c(N)n1. The molecule has 1 atom stereocenters. The maximum Gasteiger partial charge on any atom is 0.311 e. The van der Waals surface area contributed by atoms with Crippen LogP contribution in [0.25, 0.3) is 0 Å². The molecule has 0 saturated carbocycles. The number of likely N-dealkylation sites (tertiary alicyclic amines) is 1. The molecule has 0 amide bonds. The molecule has 1 aliphatic heterocycles. The number of hydrogen-bond donors (Lipinski definition) is 1. The third-order valence-electron chi connectivity index (χ3n) is 3.63. The molecule has 1 aromatic heterocycles. The first-order valence-corrected chi connectivity index (χ1v) is 6.31. The van der Waals surface area contributed by atoms with E-state index in [9.17, 15) is 10.1 Å². The summed E-state index contributed by atoms with van der Waals surface area (Å²) >= 11 is 0. The average Bonchev–Trinajstić information content (AvgIpc) is 2.74. The highest BCUT2D eigenvalue weighted by Gasteiger charge is 2.23. The van der Waals surface area contributed by atoms with Gasteiger partial charge in [0.25, 0.3) is 0 Å². The van der Waals surface area contributed by atoms with Crippen molar-refractivity contribution in [3.63, 3.8) is 0 Å². The molecule has 0 spiro atoms. The molecule has 7 nitrogen and oxygen atoms in total. The smallest absolute Gasteiger partial charge is 0.311 e. The third-order valence-corrected chi connectivity index (χ3v) is 3.63. The molecule has 0 radical (unpaired) electrons. The highest BCUT2D eigenvalue weighted by atomic mass is 16.6. The van der Waals surface area contributed by atoms with Gasteiger partial charge in [-0.3, -0.25) is 10.1 Å². The van der Waals surface area contributed by atoms with Crippen molar-refractivity contribution in [2.24, 2.45) is 0 Å². The molecule has 1 fully saturated rings. The molecule has 1 unspecified atom stereocenters. The van der Waals surface area contributed by atoms with Gasteiger partial charge < -0.3 is 15.5 Å². The van der Waals surface area contributed by atoms with Gasteiger partial charge in [0, 0.05) is 25.7 Å². The molecule has 7 heteroatoms. The van der Waals surface area contributed by atoms with Crippen molar-refractivity contribution in [1.29, 1.82) is 0 Å². The molecule has 0 aromatic carbocycles. The van der Waals surface area contributed by atoms with E-state index in [4.69, 9.17) is 5.73 Å². The molecule has 19 heavy (non-hydrogen) atoms. The van der Waals surface area contributed by atoms with Crippen molar-refractivity contribution >= 4 is 17.3 Å². The summed E-state index contributed by atoms with van der Waals surface area (Å²) in [6.45, 7) is 1.97. The van der Waals surface area contributed by atoms with Crippen LogP contribution in [0.1, 0.15) is 12.8 Å². The van der Waals surface area contributed by atoms with Crippen LogP contribution in [-0.2, 0) is 0 Å². The van der Waals surface area contributed by atoms with E-state index < -0.39 is 4.92 Å². The molecule has 1 aromatic rings. The number of nitro groups is 1. The second kappa shape index (κ2) is 5.40. The lowest BCUT2D eigenvalue weighted by Gasteiger charge is -2.26. The largest absolute Gasteiger partial charge is 0.378 e. The average molecular weight is 265 g/mol. The molecule has 104 valence electrons. The summed E-state index contributed by atoms with van der Waals surface area (Å²) in [4.78, 5) is 18.6. The predicted molar refractivity (Wildman–Crippen MR) is 74.2 cm³/mol. The first-order chi connectivity index (χ1) is 8.99. The van der Waals surface area contributed by atoms with E-state index in [0.29, 0.717) is 11.9 Å². The first kappa shape index (κ1) is 13.5. The van der Waals surface area contributed by atoms with E-state index in [1.54, 1.807) is 6.07 Å². The summed E-state index contributed by atoms with van der Waals surface area (Å²) in [6, 6.07) is 3.55. The van der Waals surface area contributed by atoms with Crippen LogP contribution in [-0.4, -0.2) is 48.0 Å². The summed E-state index contributed by atoms with van der Waals surface area (Å²) in [6.07, 6.45) is 2.38. The zero-order valence-corrected chi connectivity index (χ0v) is 11.2. The van der Waals surface area contributed by atoms with Crippen molar-refractivity contribution in [3.05, 3.63) is 22.2 Å². The van der Waals surface area contributed by atoms with Gasteiger partial charge in [0.1, 0.15) is 5.82 Å². The number of hydrogen-bond acceptors (Lipinski definition) is 6. The number of rotatable bonds is 4. The van der Waals surface area contributed by atoms with Crippen molar-refractivity contribution < 1.29 is 4.92 Å². The lowest BCUT2D eigenvalue weighted by Crippen LogP contribution is -2.37. The van der Waals surface area contributed by atoms with Crippen LogP contribution < -0.4 is 10.6 Å². The molecular formula is C12H19N5O2. The van der Waals surface area contributed by atoms with Gasteiger partial charge in [-0.05, 0) is 32.5 Å². The Labute approximate surface area is 112 Å². The summed E-state index contributed by atoms with van der Waals surface area (Å²) < 4.78 is 0. The van der Waals surface area contributed by atoms with Gasteiger partial charge in [-0.25, -0.2) is 4.98 Å². The maximum atomic E-state index is 10.7. The third kappa shape index (κ3) is 2.93. The standard InChI is InChI=1S/C12H19N5O2/c1-15-7-3-4-9(15)8-16(2)11-6-5-10(17(18)19)12(13)14-11/h5-6,9H,3-4,7-8H2,1-2H3,(H2,13,14). The van der Waals surface area contributed by atoms with Gasteiger partial charge in [0.15, 0.2) is 0 Å². The van der Waals surface area contributed by atoms with Crippen molar-refractivity contribution in [3.8, 4) is 0 Å².